The normalized spacial score (nSPS) is 15.7. The fraction of sp³-hybridized carbons (Fsp3) is 0.583. The van der Waals surface area contributed by atoms with E-state index in [2.05, 4.69) is 20.2 Å². The van der Waals surface area contributed by atoms with Crippen LogP contribution in [0.15, 0.2) is 12.3 Å². The lowest BCUT2D eigenvalue weighted by Crippen LogP contribution is -2.48. The summed E-state index contributed by atoms with van der Waals surface area (Å²) in [6, 6.07) is 1.91. The summed E-state index contributed by atoms with van der Waals surface area (Å²) < 4.78 is 0. The Morgan fingerprint density at radius 2 is 2.11 bits per heavy atom. The average molecular weight is 249 g/mol. The van der Waals surface area contributed by atoms with E-state index in [0.717, 1.165) is 38.5 Å². The van der Waals surface area contributed by atoms with E-state index < -0.39 is 0 Å². The van der Waals surface area contributed by atoms with Gasteiger partial charge < -0.3 is 15.1 Å². The van der Waals surface area contributed by atoms with Crippen LogP contribution in [0.2, 0.25) is 0 Å². The summed E-state index contributed by atoms with van der Waals surface area (Å²) >= 11 is 0. The zero-order valence-electron chi connectivity index (χ0n) is 10.9. The highest BCUT2D eigenvalue weighted by molar-refractivity contribution is 5.73. The minimum atomic E-state index is 0.144. The molecule has 0 unspecified atom stereocenters. The maximum Gasteiger partial charge on any atom is 0.224 e. The number of nitrogens with zero attached hydrogens (tertiary/aromatic N) is 4. The second-order valence-electron chi connectivity index (χ2n) is 4.26. The molecule has 1 aliphatic heterocycles. The Morgan fingerprint density at radius 3 is 2.72 bits per heavy atom. The van der Waals surface area contributed by atoms with E-state index in [4.69, 9.17) is 0 Å². The molecule has 0 radical (unpaired) electrons. The van der Waals surface area contributed by atoms with E-state index in [1.54, 1.807) is 13.1 Å². The van der Waals surface area contributed by atoms with Crippen molar-refractivity contribution in [3.8, 4) is 0 Å². The van der Waals surface area contributed by atoms with Gasteiger partial charge in [0.1, 0.15) is 5.82 Å². The van der Waals surface area contributed by atoms with Gasteiger partial charge in [0, 0.05) is 45.8 Å². The first-order valence-corrected chi connectivity index (χ1v) is 6.28. The predicted molar refractivity (Wildman–Crippen MR) is 70.7 cm³/mol. The van der Waals surface area contributed by atoms with Crippen LogP contribution in [-0.2, 0) is 4.79 Å². The Kier molecular flexibility index (Phi) is 3.96. The van der Waals surface area contributed by atoms with E-state index in [1.807, 2.05) is 17.9 Å². The van der Waals surface area contributed by atoms with E-state index in [1.165, 1.54) is 0 Å². The molecule has 1 amide bonds. The lowest BCUT2D eigenvalue weighted by atomic mass is 10.3. The highest BCUT2D eigenvalue weighted by atomic mass is 16.2. The molecule has 1 aliphatic rings. The smallest absolute Gasteiger partial charge is 0.224 e. The molecule has 1 saturated heterocycles. The maximum absolute atomic E-state index is 11.3. The highest BCUT2D eigenvalue weighted by Crippen LogP contribution is 2.14. The molecule has 2 heterocycles. The lowest BCUT2D eigenvalue weighted by Gasteiger charge is -2.34. The zero-order valence-corrected chi connectivity index (χ0v) is 10.9. The molecule has 98 valence electrons. The Balaban J connectivity index is 2.00. The summed E-state index contributed by atoms with van der Waals surface area (Å²) in [4.78, 5) is 23.9. The van der Waals surface area contributed by atoms with Gasteiger partial charge in [-0.15, -0.1) is 0 Å². The minimum absolute atomic E-state index is 0.144. The summed E-state index contributed by atoms with van der Waals surface area (Å²) in [5, 5.41) is 3.10. The molecule has 2 rings (SSSR count). The molecule has 1 N–H and O–H groups in total. The number of aromatic nitrogens is 2. The Bertz CT molecular complexity index is 415. The molecular formula is C12H19N5O. The van der Waals surface area contributed by atoms with Crippen molar-refractivity contribution in [1.29, 1.82) is 0 Å². The van der Waals surface area contributed by atoms with Crippen LogP contribution in [0.5, 0.6) is 0 Å². The molecule has 0 atom stereocenters. The monoisotopic (exact) mass is 249 g/mol. The molecule has 0 aromatic carbocycles. The van der Waals surface area contributed by atoms with Crippen molar-refractivity contribution in [3.05, 3.63) is 12.3 Å². The molecule has 0 bridgehead atoms. The van der Waals surface area contributed by atoms with Gasteiger partial charge in [0.05, 0.1) is 0 Å². The topological polar surface area (TPSA) is 61.4 Å². The van der Waals surface area contributed by atoms with Crippen LogP contribution in [-0.4, -0.2) is 53.5 Å². The molecule has 1 aromatic heterocycles. The van der Waals surface area contributed by atoms with Gasteiger partial charge >= 0.3 is 0 Å². The van der Waals surface area contributed by atoms with Crippen LogP contribution in [0.3, 0.4) is 0 Å². The first kappa shape index (κ1) is 12.6. The molecular weight excluding hydrogens is 230 g/mol. The molecule has 6 heteroatoms. The fourth-order valence-corrected chi connectivity index (χ4v) is 2.02. The summed E-state index contributed by atoms with van der Waals surface area (Å²) in [6.07, 6.45) is 1.76. The number of hydrogen-bond donors (Lipinski definition) is 1. The third-order valence-corrected chi connectivity index (χ3v) is 3.02. The van der Waals surface area contributed by atoms with Crippen molar-refractivity contribution >= 4 is 17.7 Å². The first-order valence-electron chi connectivity index (χ1n) is 6.28. The van der Waals surface area contributed by atoms with Gasteiger partial charge in [0.15, 0.2) is 0 Å². The second kappa shape index (κ2) is 5.66. The summed E-state index contributed by atoms with van der Waals surface area (Å²) in [5.41, 5.74) is 0. The number of anilines is 2. The fourth-order valence-electron chi connectivity index (χ4n) is 2.02. The van der Waals surface area contributed by atoms with Gasteiger partial charge in [-0.25, -0.2) is 4.98 Å². The zero-order chi connectivity index (χ0) is 13.0. The standard InChI is InChI=1S/C12H19N5O/c1-3-13-12-14-5-4-11(15-12)17-8-6-16(7-9-17)10(2)18/h4-5H,3,6-9H2,1-2H3,(H,13,14,15). The van der Waals surface area contributed by atoms with Gasteiger partial charge in [-0.3, -0.25) is 4.79 Å². The van der Waals surface area contributed by atoms with E-state index in [-0.39, 0.29) is 5.91 Å². The van der Waals surface area contributed by atoms with Gasteiger partial charge in [0.25, 0.3) is 0 Å². The molecule has 0 saturated carbocycles. The number of amides is 1. The van der Waals surface area contributed by atoms with E-state index >= 15 is 0 Å². The molecule has 6 nitrogen and oxygen atoms in total. The van der Waals surface area contributed by atoms with Gasteiger partial charge in [-0.2, -0.15) is 4.98 Å². The van der Waals surface area contributed by atoms with Crippen LogP contribution in [0.25, 0.3) is 0 Å². The van der Waals surface area contributed by atoms with Crippen molar-refractivity contribution < 1.29 is 4.79 Å². The van der Waals surface area contributed by atoms with Crippen LogP contribution in [0.1, 0.15) is 13.8 Å². The van der Waals surface area contributed by atoms with Gasteiger partial charge in [0.2, 0.25) is 11.9 Å². The maximum atomic E-state index is 11.3. The van der Waals surface area contributed by atoms with Crippen molar-refractivity contribution in [3.63, 3.8) is 0 Å². The summed E-state index contributed by atoms with van der Waals surface area (Å²) in [7, 11) is 0. The van der Waals surface area contributed by atoms with E-state index in [9.17, 15) is 4.79 Å². The van der Waals surface area contributed by atoms with Crippen LogP contribution < -0.4 is 10.2 Å². The van der Waals surface area contributed by atoms with Crippen molar-refractivity contribution in [2.45, 2.75) is 13.8 Å². The van der Waals surface area contributed by atoms with Gasteiger partial charge in [-0.05, 0) is 13.0 Å². The number of rotatable bonds is 3. The van der Waals surface area contributed by atoms with Crippen LogP contribution in [0.4, 0.5) is 11.8 Å². The quantitative estimate of drug-likeness (QED) is 0.849. The van der Waals surface area contributed by atoms with Crippen LogP contribution >= 0.6 is 0 Å². The lowest BCUT2D eigenvalue weighted by molar-refractivity contribution is -0.129. The van der Waals surface area contributed by atoms with Crippen molar-refractivity contribution in [2.75, 3.05) is 42.9 Å². The third-order valence-electron chi connectivity index (χ3n) is 3.02. The second-order valence-corrected chi connectivity index (χ2v) is 4.26. The molecule has 1 aromatic rings. The molecule has 0 spiro atoms. The SMILES string of the molecule is CCNc1nccc(N2CCN(C(C)=O)CC2)n1. The summed E-state index contributed by atoms with van der Waals surface area (Å²) in [5.74, 6) is 1.72. The minimum Gasteiger partial charge on any atom is -0.354 e. The largest absolute Gasteiger partial charge is 0.354 e. The number of piperazine rings is 1. The van der Waals surface area contributed by atoms with Gasteiger partial charge in [-0.1, -0.05) is 0 Å². The van der Waals surface area contributed by atoms with Crippen molar-refractivity contribution in [1.82, 2.24) is 14.9 Å². The Hall–Kier alpha value is -1.85. The first-order chi connectivity index (χ1) is 8.70. The van der Waals surface area contributed by atoms with Crippen molar-refractivity contribution in [2.24, 2.45) is 0 Å². The third kappa shape index (κ3) is 2.88. The van der Waals surface area contributed by atoms with Crippen LogP contribution in [0, 0.1) is 0 Å². The number of carbonyl (C=O) groups excluding carboxylic acids is 1. The molecule has 1 fully saturated rings. The number of hydrogen-bond acceptors (Lipinski definition) is 5. The Morgan fingerprint density at radius 1 is 1.39 bits per heavy atom. The predicted octanol–water partition coefficient (Wildman–Crippen LogP) is 0.577. The number of nitrogens with one attached hydrogen (secondary N) is 1. The molecule has 0 aliphatic carbocycles. The Labute approximate surface area is 107 Å². The van der Waals surface area contributed by atoms with E-state index in [0.29, 0.717) is 5.95 Å². The molecule has 18 heavy (non-hydrogen) atoms. The number of carbonyl (C=O) groups is 1. The highest BCUT2D eigenvalue weighted by Gasteiger charge is 2.19. The summed E-state index contributed by atoms with van der Waals surface area (Å²) in [6.45, 7) is 7.60. The average Bonchev–Trinajstić information content (AvgIpc) is 2.39.